The average molecular weight is 233 g/mol. The molecule has 17 heavy (non-hydrogen) atoms. The first-order chi connectivity index (χ1) is 8.27. The van der Waals surface area contributed by atoms with Crippen molar-refractivity contribution in [2.45, 2.75) is 25.2 Å². The minimum absolute atomic E-state index is 0.435. The zero-order valence-electron chi connectivity index (χ0n) is 9.93. The molecule has 3 nitrogen and oxygen atoms in total. The van der Waals surface area contributed by atoms with Gasteiger partial charge < -0.3 is 10.4 Å². The summed E-state index contributed by atoms with van der Waals surface area (Å²) in [5, 5.41) is 12.5. The van der Waals surface area contributed by atoms with Crippen molar-refractivity contribution in [1.29, 1.82) is 0 Å². The predicted octanol–water partition coefficient (Wildman–Crippen LogP) is 2.24. The van der Waals surface area contributed by atoms with E-state index in [-0.39, 0.29) is 0 Å². The molecule has 0 radical (unpaired) electrons. The monoisotopic (exact) mass is 233 g/mol. The Hall–Kier alpha value is -1.35. The summed E-state index contributed by atoms with van der Waals surface area (Å²) in [5.41, 5.74) is 0.874. The maximum Gasteiger partial charge on any atom is 0.312 e. The van der Waals surface area contributed by atoms with Gasteiger partial charge in [-0.15, -0.1) is 0 Å². The summed E-state index contributed by atoms with van der Waals surface area (Å²) < 4.78 is 0. The Morgan fingerprint density at radius 1 is 1.35 bits per heavy atom. The van der Waals surface area contributed by atoms with E-state index in [2.05, 4.69) is 5.32 Å². The number of carboxylic acids is 1. The average Bonchev–Trinajstić information content (AvgIpc) is 3.13. The Kier molecular flexibility index (Phi) is 4.15. The van der Waals surface area contributed by atoms with Crippen LogP contribution in [0.3, 0.4) is 0 Å². The van der Waals surface area contributed by atoms with Gasteiger partial charge in [0, 0.05) is 6.54 Å². The molecule has 0 saturated heterocycles. The SMILES string of the molecule is O=C(O)C(CNCCC1CC1)c1ccccc1. The fourth-order valence-electron chi connectivity index (χ4n) is 1.99. The van der Waals surface area contributed by atoms with Crippen molar-refractivity contribution in [1.82, 2.24) is 5.32 Å². The molecule has 3 heteroatoms. The largest absolute Gasteiger partial charge is 0.481 e. The molecule has 0 heterocycles. The van der Waals surface area contributed by atoms with Crippen LogP contribution < -0.4 is 5.32 Å². The van der Waals surface area contributed by atoms with E-state index in [1.807, 2.05) is 30.3 Å². The van der Waals surface area contributed by atoms with Crippen LogP contribution in [0.2, 0.25) is 0 Å². The van der Waals surface area contributed by atoms with E-state index in [0.717, 1.165) is 18.0 Å². The summed E-state index contributed by atoms with van der Waals surface area (Å²) in [4.78, 5) is 11.2. The van der Waals surface area contributed by atoms with Crippen molar-refractivity contribution in [3.8, 4) is 0 Å². The molecule has 92 valence electrons. The quantitative estimate of drug-likeness (QED) is 0.710. The van der Waals surface area contributed by atoms with Crippen molar-refractivity contribution >= 4 is 5.97 Å². The van der Waals surface area contributed by atoms with E-state index in [0.29, 0.717) is 6.54 Å². The first-order valence-corrected chi connectivity index (χ1v) is 6.26. The number of nitrogens with one attached hydrogen (secondary N) is 1. The van der Waals surface area contributed by atoms with Gasteiger partial charge in [-0.2, -0.15) is 0 Å². The van der Waals surface area contributed by atoms with Crippen LogP contribution in [0.4, 0.5) is 0 Å². The Bertz CT molecular complexity index is 360. The molecular weight excluding hydrogens is 214 g/mol. The molecule has 1 saturated carbocycles. The highest BCUT2D eigenvalue weighted by Crippen LogP contribution is 2.31. The van der Waals surface area contributed by atoms with Gasteiger partial charge in [0.1, 0.15) is 0 Å². The first-order valence-electron chi connectivity index (χ1n) is 6.26. The zero-order chi connectivity index (χ0) is 12.1. The summed E-state index contributed by atoms with van der Waals surface area (Å²) in [7, 11) is 0. The zero-order valence-corrected chi connectivity index (χ0v) is 9.93. The van der Waals surface area contributed by atoms with E-state index in [1.54, 1.807) is 0 Å². The number of carbonyl (C=O) groups is 1. The molecule has 0 aromatic heterocycles. The van der Waals surface area contributed by atoms with Gasteiger partial charge >= 0.3 is 5.97 Å². The summed E-state index contributed by atoms with van der Waals surface area (Å²) in [6.45, 7) is 1.45. The van der Waals surface area contributed by atoms with Gasteiger partial charge in [-0.25, -0.2) is 0 Å². The molecule has 2 N–H and O–H groups in total. The molecule has 1 unspecified atom stereocenters. The van der Waals surface area contributed by atoms with Gasteiger partial charge in [0.05, 0.1) is 5.92 Å². The van der Waals surface area contributed by atoms with Crippen LogP contribution in [0.25, 0.3) is 0 Å². The molecular formula is C14H19NO2. The lowest BCUT2D eigenvalue weighted by atomic mass is 9.99. The Morgan fingerprint density at radius 3 is 2.65 bits per heavy atom. The van der Waals surface area contributed by atoms with Crippen molar-refractivity contribution in [3.05, 3.63) is 35.9 Å². The molecule has 0 bridgehead atoms. The van der Waals surface area contributed by atoms with Crippen LogP contribution >= 0.6 is 0 Å². The van der Waals surface area contributed by atoms with Crippen LogP contribution in [0, 0.1) is 5.92 Å². The summed E-state index contributed by atoms with van der Waals surface area (Å²) in [6, 6.07) is 9.43. The Balaban J connectivity index is 1.82. The summed E-state index contributed by atoms with van der Waals surface area (Å²) >= 11 is 0. The molecule has 1 aliphatic carbocycles. The van der Waals surface area contributed by atoms with Crippen LogP contribution in [0.5, 0.6) is 0 Å². The fraction of sp³-hybridized carbons (Fsp3) is 0.500. The maximum atomic E-state index is 11.2. The Morgan fingerprint density at radius 2 is 2.06 bits per heavy atom. The third-order valence-electron chi connectivity index (χ3n) is 3.27. The van der Waals surface area contributed by atoms with Crippen molar-refractivity contribution < 1.29 is 9.90 Å². The molecule has 1 fully saturated rings. The van der Waals surface area contributed by atoms with E-state index >= 15 is 0 Å². The number of carboxylic acid groups (broad SMARTS) is 1. The van der Waals surface area contributed by atoms with E-state index in [1.165, 1.54) is 19.3 Å². The predicted molar refractivity (Wildman–Crippen MR) is 67.0 cm³/mol. The molecule has 0 spiro atoms. The third-order valence-corrected chi connectivity index (χ3v) is 3.27. The van der Waals surface area contributed by atoms with Crippen molar-refractivity contribution in [2.75, 3.05) is 13.1 Å². The lowest BCUT2D eigenvalue weighted by Gasteiger charge is -2.13. The minimum Gasteiger partial charge on any atom is -0.481 e. The minimum atomic E-state index is -0.755. The highest BCUT2D eigenvalue weighted by Gasteiger charge is 2.22. The van der Waals surface area contributed by atoms with Gasteiger partial charge in [0.2, 0.25) is 0 Å². The molecule has 1 atom stereocenters. The van der Waals surface area contributed by atoms with Gasteiger partial charge in [0.25, 0.3) is 0 Å². The molecule has 0 aliphatic heterocycles. The number of aliphatic carboxylic acids is 1. The van der Waals surface area contributed by atoms with Gasteiger partial charge in [-0.1, -0.05) is 43.2 Å². The number of benzene rings is 1. The second-order valence-electron chi connectivity index (χ2n) is 4.74. The maximum absolute atomic E-state index is 11.2. The lowest BCUT2D eigenvalue weighted by molar-refractivity contribution is -0.138. The molecule has 0 amide bonds. The van der Waals surface area contributed by atoms with Crippen molar-refractivity contribution in [3.63, 3.8) is 0 Å². The normalized spacial score (nSPS) is 16.7. The molecule has 1 aromatic rings. The van der Waals surface area contributed by atoms with Crippen LogP contribution in [-0.2, 0) is 4.79 Å². The Labute approximate surface area is 102 Å². The van der Waals surface area contributed by atoms with Gasteiger partial charge in [-0.05, 0) is 24.4 Å². The first kappa shape index (κ1) is 12.1. The topological polar surface area (TPSA) is 49.3 Å². The van der Waals surface area contributed by atoms with Gasteiger partial charge in [-0.3, -0.25) is 4.79 Å². The second kappa shape index (κ2) is 5.82. The number of rotatable bonds is 7. The van der Waals surface area contributed by atoms with E-state index in [4.69, 9.17) is 0 Å². The van der Waals surface area contributed by atoms with Crippen LogP contribution in [0.1, 0.15) is 30.7 Å². The number of hydrogen-bond acceptors (Lipinski definition) is 2. The fourth-order valence-corrected chi connectivity index (χ4v) is 1.99. The smallest absolute Gasteiger partial charge is 0.312 e. The van der Waals surface area contributed by atoms with E-state index in [9.17, 15) is 9.90 Å². The summed E-state index contributed by atoms with van der Waals surface area (Å²) in [5.74, 6) is -0.298. The van der Waals surface area contributed by atoms with Gasteiger partial charge in [0.15, 0.2) is 0 Å². The molecule has 1 aliphatic rings. The third kappa shape index (κ3) is 3.86. The molecule has 2 rings (SSSR count). The second-order valence-corrected chi connectivity index (χ2v) is 4.74. The van der Waals surface area contributed by atoms with Crippen molar-refractivity contribution in [2.24, 2.45) is 5.92 Å². The summed E-state index contributed by atoms with van der Waals surface area (Å²) in [6.07, 6.45) is 3.88. The highest BCUT2D eigenvalue weighted by molar-refractivity contribution is 5.76. The van der Waals surface area contributed by atoms with E-state index < -0.39 is 11.9 Å². The molecule has 1 aromatic carbocycles. The highest BCUT2D eigenvalue weighted by atomic mass is 16.4. The standard InChI is InChI=1S/C14H19NO2/c16-14(17)13(12-4-2-1-3-5-12)10-15-9-8-11-6-7-11/h1-5,11,13,15H,6-10H2,(H,16,17). The van der Waals surface area contributed by atoms with Crippen LogP contribution in [0.15, 0.2) is 30.3 Å². The lowest BCUT2D eigenvalue weighted by Crippen LogP contribution is -2.27. The number of hydrogen-bond donors (Lipinski definition) is 2. The van der Waals surface area contributed by atoms with Crippen LogP contribution in [-0.4, -0.2) is 24.2 Å².